The highest BCUT2D eigenvalue weighted by Gasteiger charge is 2.11. The molecule has 104 valence electrons. The van der Waals surface area contributed by atoms with Crippen molar-refractivity contribution in [2.75, 3.05) is 11.1 Å². The molecule has 3 N–H and O–H groups in total. The van der Waals surface area contributed by atoms with Crippen molar-refractivity contribution >= 4 is 17.3 Å². The molecule has 5 heteroatoms. The molecule has 0 aliphatic rings. The second kappa shape index (κ2) is 5.50. The largest absolute Gasteiger partial charge is 0.397 e. The minimum atomic E-state index is -0.255. The van der Waals surface area contributed by atoms with Crippen LogP contribution in [0.1, 0.15) is 10.5 Å². The first-order valence-corrected chi connectivity index (χ1v) is 6.51. The Hall–Kier alpha value is -3.08. The zero-order valence-corrected chi connectivity index (χ0v) is 11.2. The molecule has 3 rings (SSSR count). The van der Waals surface area contributed by atoms with Crippen LogP contribution < -0.4 is 11.1 Å². The van der Waals surface area contributed by atoms with Gasteiger partial charge in [-0.05, 0) is 30.3 Å². The van der Waals surface area contributed by atoms with Crippen LogP contribution in [-0.2, 0) is 0 Å². The third kappa shape index (κ3) is 2.76. The summed E-state index contributed by atoms with van der Waals surface area (Å²) < 4.78 is 1.59. The first-order chi connectivity index (χ1) is 10.2. The van der Waals surface area contributed by atoms with Gasteiger partial charge in [0.2, 0.25) is 0 Å². The smallest absolute Gasteiger partial charge is 0.276 e. The lowest BCUT2D eigenvalue weighted by Crippen LogP contribution is -2.13. The molecule has 0 bridgehead atoms. The molecular weight excluding hydrogens is 264 g/mol. The van der Waals surface area contributed by atoms with Crippen molar-refractivity contribution in [3.8, 4) is 5.69 Å². The molecule has 3 aromatic rings. The average Bonchev–Trinajstić information content (AvgIpc) is 2.98. The zero-order chi connectivity index (χ0) is 14.7. The molecule has 2 aromatic carbocycles. The van der Waals surface area contributed by atoms with Crippen molar-refractivity contribution in [1.82, 2.24) is 9.78 Å². The quantitative estimate of drug-likeness (QED) is 0.723. The molecule has 21 heavy (non-hydrogen) atoms. The van der Waals surface area contributed by atoms with Gasteiger partial charge in [-0.15, -0.1) is 0 Å². The van der Waals surface area contributed by atoms with E-state index in [1.54, 1.807) is 23.0 Å². The minimum absolute atomic E-state index is 0.255. The molecule has 0 saturated heterocycles. The van der Waals surface area contributed by atoms with Gasteiger partial charge in [-0.2, -0.15) is 5.10 Å². The Morgan fingerprint density at radius 3 is 2.48 bits per heavy atom. The van der Waals surface area contributed by atoms with E-state index in [1.165, 1.54) is 0 Å². The summed E-state index contributed by atoms with van der Waals surface area (Å²) in [6, 6.07) is 18.3. The molecule has 0 aliphatic heterocycles. The second-order valence-corrected chi connectivity index (χ2v) is 4.52. The minimum Gasteiger partial charge on any atom is -0.397 e. The second-order valence-electron chi connectivity index (χ2n) is 4.52. The first kappa shape index (κ1) is 12.9. The number of hydrogen-bond donors (Lipinski definition) is 2. The lowest BCUT2D eigenvalue weighted by atomic mass is 10.3. The van der Waals surface area contributed by atoms with Gasteiger partial charge in [0.1, 0.15) is 0 Å². The first-order valence-electron chi connectivity index (χ1n) is 6.51. The standard InChI is InChI=1S/C16H14N4O/c17-13-8-4-5-9-15(13)20-11-10-14(19-20)16(21)18-12-6-2-1-3-7-12/h1-11H,17H2,(H,18,21). The van der Waals surface area contributed by atoms with Crippen LogP contribution in [0.3, 0.4) is 0 Å². The maximum absolute atomic E-state index is 12.1. The fraction of sp³-hybridized carbons (Fsp3) is 0. The zero-order valence-electron chi connectivity index (χ0n) is 11.2. The summed E-state index contributed by atoms with van der Waals surface area (Å²) in [5.41, 5.74) is 8.32. The molecule has 1 aromatic heterocycles. The van der Waals surface area contributed by atoms with E-state index < -0.39 is 0 Å². The van der Waals surface area contributed by atoms with Gasteiger partial charge in [-0.25, -0.2) is 4.68 Å². The van der Waals surface area contributed by atoms with Crippen molar-refractivity contribution in [1.29, 1.82) is 0 Å². The molecule has 0 spiro atoms. The number of nitrogens with one attached hydrogen (secondary N) is 1. The Bertz CT molecular complexity index is 765. The van der Waals surface area contributed by atoms with Crippen molar-refractivity contribution in [2.24, 2.45) is 0 Å². The normalized spacial score (nSPS) is 10.3. The fourth-order valence-corrected chi connectivity index (χ4v) is 1.99. The van der Waals surface area contributed by atoms with Gasteiger partial charge in [0, 0.05) is 11.9 Å². The van der Waals surface area contributed by atoms with Crippen LogP contribution in [-0.4, -0.2) is 15.7 Å². The van der Waals surface area contributed by atoms with Crippen LogP contribution in [0.2, 0.25) is 0 Å². The summed E-state index contributed by atoms with van der Waals surface area (Å²) in [7, 11) is 0. The Morgan fingerprint density at radius 1 is 1.00 bits per heavy atom. The van der Waals surface area contributed by atoms with Crippen LogP contribution in [0.5, 0.6) is 0 Å². The topological polar surface area (TPSA) is 72.9 Å². The van der Waals surface area contributed by atoms with Gasteiger partial charge in [-0.3, -0.25) is 4.79 Å². The highest BCUT2D eigenvalue weighted by Crippen LogP contribution is 2.16. The summed E-state index contributed by atoms with van der Waals surface area (Å²) >= 11 is 0. The molecule has 1 amide bonds. The van der Waals surface area contributed by atoms with E-state index >= 15 is 0 Å². The van der Waals surface area contributed by atoms with E-state index in [0.717, 1.165) is 11.4 Å². The number of hydrogen-bond acceptors (Lipinski definition) is 3. The lowest BCUT2D eigenvalue weighted by molar-refractivity contribution is 0.102. The van der Waals surface area contributed by atoms with Crippen molar-refractivity contribution in [3.63, 3.8) is 0 Å². The monoisotopic (exact) mass is 278 g/mol. The number of rotatable bonds is 3. The van der Waals surface area contributed by atoms with E-state index in [4.69, 9.17) is 5.73 Å². The molecule has 0 atom stereocenters. The number of carbonyl (C=O) groups excluding carboxylic acids is 1. The van der Waals surface area contributed by atoms with Crippen LogP contribution in [0.4, 0.5) is 11.4 Å². The number of anilines is 2. The number of para-hydroxylation sites is 3. The van der Waals surface area contributed by atoms with Crippen molar-refractivity contribution in [2.45, 2.75) is 0 Å². The Labute approximate surface area is 122 Å². The van der Waals surface area contributed by atoms with E-state index in [2.05, 4.69) is 10.4 Å². The van der Waals surface area contributed by atoms with Crippen molar-refractivity contribution in [3.05, 3.63) is 72.6 Å². The number of aromatic nitrogens is 2. The number of nitrogens with two attached hydrogens (primary N) is 1. The van der Waals surface area contributed by atoms with Crippen LogP contribution in [0.15, 0.2) is 66.9 Å². The predicted octanol–water partition coefficient (Wildman–Crippen LogP) is 2.71. The molecule has 0 unspecified atom stereocenters. The van der Waals surface area contributed by atoms with Gasteiger partial charge in [0.25, 0.3) is 5.91 Å². The molecule has 0 aliphatic carbocycles. The van der Waals surface area contributed by atoms with E-state index in [0.29, 0.717) is 11.4 Å². The summed E-state index contributed by atoms with van der Waals surface area (Å²) in [5, 5.41) is 7.05. The average molecular weight is 278 g/mol. The van der Waals surface area contributed by atoms with E-state index in [1.807, 2.05) is 48.5 Å². The summed E-state index contributed by atoms with van der Waals surface area (Å²) in [6.45, 7) is 0. The number of nitrogen functional groups attached to an aromatic ring is 1. The molecule has 5 nitrogen and oxygen atoms in total. The highest BCUT2D eigenvalue weighted by molar-refractivity contribution is 6.02. The van der Waals surface area contributed by atoms with Crippen LogP contribution in [0.25, 0.3) is 5.69 Å². The van der Waals surface area contributed by atoms with Gasteiger partial charge < -0.3 is 11.1 Å². The van der Waals surface area contributed by atoms with E-state index in [-0.39, 0.29) is 5.91 Å². The number of amides is 1. The maximum atomic E-state index is 12.1. The highest BCUT2D eigenvalue weighted by atomic mass is 16.1. The lowest BCUT2D eigenvalue weighted by Gasteiger charge is -2.05. The van der Waals surface area contributed by atoms with Gasteiger partial charge >= 0.3 is 0 Å². The van der Waals surface area contributed by atoms with Crippen LogP contribution >= 0.6 is 0 Å². The number of carbonyl (C=O) groups is 1. The van der Waals surface area contributed by atoms with Gasteiger partial charge in [-0.1, -0.05) is 30.3 Å². The molecule has 0 radical (unpaired) electrons. The SMILES string of the molecule is Nc1ccccc1-n1ccc(C(=O)Nc2ccccc2)n1. The van der Waals surface area contributed by atoms with E-state index in [9.17, 15) is 4.79 Å². The van der Waals surface area contributed by atoms with Crippen molar-refractivity contribution < 1.29 is 4.79 Å². The summed E-state index contributed by atoms with van der Waals surface area (Å²) in [6.07, 6.45) is 1.71. The molecule has 0 fully saturated rings. The van der Waals surface area contributed by atoms with Crippen LogP contribution in [0, 0.1) is 0 Å². The summed E-state index contributed by atoms with van der Waals surface area (Å²) in [4.78, 5) is 12.1. The Balaban J connectivity index is 1.82. The van der Waals surface area contributed by atoms with Gasteiger partial charge in [0.15, 0.2) is 5.69 Å². The molecule has 1 heterocycles. The third-order valence-corrected chi connectivity index (χ3v) is 3.04. The third-order valence-electron chi connectivity index (χ3n) is 3.04. The maximum Gasteiger partial charge on any atom is 0.276 e. The van der Waals surface area contributed by atoms with Gasteiger partial charge in [0.05, 0.1) is 11.4 Å². The predicted molar refractivity (Wildman–Crippen MR) is 82.4 cm³/mol. The fourth-order valence-electron chi connectivity index (χ4n) is 1.99. The Morgan fingerprint density at radius 2 is 1.71 bits per heavy atom. The Kier molecular flexibility index (Phi) is 3.39. The summed E-state index contributed by atoms with van der Waals surface area (Å²) in [5.74, 6) is -0.255. The number of nitrogens with zero attached hydrogens (tertiary/aromatic N) is 2. The number of benzene rings is 2. The molecular formula is C16H14N4O. The molecule has 0 saturated carbocycles.